The fourth-order valence-corrected chi connectivity index (χ4v) is 4.81. The van der Waals surface area contributed by atoms with E-state index in [0.29, 0.717) is 6.54 Å². The van der Waals surface area contributed by atoms with Crippen LogP contribution in [0.2, 0.25) is 0 Å². The average molecular weight is 401 g/mol. The molecular weight excluding hydrogens is 380 g/mol. The fraction of sp³-hybridized carbons (Fsp3) is 0.150. The Balaban J connectivity index is 1.75. The summed E-state index contributed by atoms with van der Waals surface area (Å²) in [5.41, 5.74) is 1.83. The van der Waals surface area contributed by atoms with Crippen LogP contribution in [-0.2, 0) is 27.8 Å². The highest BCUT2D eigenvalue weighted by atomic mass is 32.2. The van der Waals surface area contributed by atoms with Gasteiger partial charge in [0.1, 0.15) is 10.3 Å². The Kier molecular flexibility index (Phi) is 6.39. The number of hydrogen-bond acceptors (Lipinski definition) is 4. The number of carbonyl (C=O) groups is 1. The van der Waals surface area contributed by atoms with Crippen molar-refractivity contribution < 1.29 is 13.2 Å². The van der Waals surface area contributed by atoms with Gasteiger partial charge in [-0.25, -0.2) is 8.42 Å². The van der Waals surface area contributed by atoms with Crippen molar-refractivity contribution in [3.63, 3.8) is 0 Å². The molecule has 0 aliphatic rings. The molecule has 0 saturated heterocycles. The van der Waals surface area contributed by atoms with Crippen molar-refractivity contribution in [2.45, 2.75) is 23.2 Å². The molecule has 140 valence electrons. The summed E-state index contributed by atoms with van der Waals surface area (Å²) in [4.78, 5) is 12.7. The second kappa shape index (κ2) is 8.94. The molecule has 0 spiro atoms. The first-order valence-corrected chi connectivity index (χ1v) is 10.8. The molecule has 0 radical (unpaired) electrons. The molecule has 0 aliphatic carbocycles. The number of thiophene rings is 1. The van der Waals surface area contributed by atoms with Gasteiger partial charge in [-0.1, -0.05) is 66.7 Å². The van der Waals surface area contributed by atoms with Gasteiger partial charge < -0.3 is 5.32 Å². The number of benzene rings is 2. The molecule has 1 aromatic heterocycles. The van der Waals surface area contributed by atoms with Crippen LogP contribution < -0.4 is 10.0 Å². The highest BCUT2D eigenvalue weighted by Crippen LogP contribution is 2.17. The lowest BCUT2D eigenvalue weighted by Gasteiger charge is -2.18. The van der Waals surface area contributed by atoms with Crippen LogP contribution >= 0.6 is 11.3 Å². The van der Waals surface area contributed by atoms with Crippen molar-refractivity contribution in [3.8, 4) is 0 Å². The van der Waals surface area contributed by atoms with Crippen molar-refractivity contribution >= 4 is 27.3 Å². The lowest BCUT2D eigenvalue weighted by molar-refractivity contribution is -0.122. The van der Waals surface area contributed by atoms with Gasteiger partial charge in [0.05, 0.1) is 0 Å². The van der Waals surface area contributed by atoms with Crippen molar-refractivity contribution in [2.24, 2.45) is 0 Å². The Hall–Kier alpha value is -2.48. The van der Waals surface area contributed by atoms with Crippen molar-refractivity contribution in [2.75, 3.05) is 0 Å². The number of hydrogen-bond donors (Lipinski definition) is 2. The van der Waals surface area contributed by atoms with E-state index in [0.717, 1.165) is 22.5 Å². The number of sulfonamides is 1. The van der Waals surface area contributed by atoms with Crippen LogP contribution in [0.1, 0.15) is 11.1 Å². The van der Waals surface area contributed by atoms with Gasteiger partial charge in [0.2, 0.25) is 5.91 Å². The van der Waals surface area contributed by atoms with E-state index in [1.807, 2.05) is 60.7 Å². The number of rotatable bonds is 8. The molecule has 2 aromatic carbocycles. The molecule has 2 N–H and O–H groups in total. The standard InChI is InChI=1S/C20H20N2O3S2/c23-20(21-15-17-10-5-2-6-11-17)18(14-16-8-3-1-4-9-16)22-27(24,25)19-12-7-13-26-19/h1-13,18,22H,14-15H2,(H,21,23)/t18-/m1/s1. The second-order valence-electron chi connectivity index (χ2n) is 6.00. The lowest BCUT2D eigenvalue weighted by atomic mass is 10.1. The topological polar surface area (TPSA) is 75.3 Å². The van der Waals surface area contributed by atoms with E-state index in [1.54, 1.807) is 11.4 Å². The van der Waals surface area contributed by atoms with Gasteiger partial charge in [0.15, 0.2) is 0 Å². The maximum absolute atomic E-state index is 12.7. The first-order chi connectivity index (χ1) is 13.0. The zero-order valence-electron chi connectivity index (χ0n) is 14.5. The molecule has 1 heterocycles. The summed E-state index contributed by atoms with van der Waals surface area (Å²) < 4.78 is 27.9. The smallest absolute Gasteiger partial charge is 0.250 e. The maximum Gasteiger partial charge on any atom is 0.250 e. The van der Waals surface area contributed by atoms with Gasteiger partial charge in [0.25, 0.3) is 10.0 Å². The zero-order chi connectivity index (χ0) is 19.1. The van der Waals surface area contributed by atoms with Gasteiger partial charge in [-0.05, 0) is 29.0 Å². The summed E-state index contributed by atoms with van der Waals surface area (Å²) in [5.74, 6) is -0.358. The Bertz CT molecular complexity index is 957. The van der Waals surface area contributed by atoms with Gasteiger partial charge in [-0.15, -0.1) is 11.3 Å². The monoisotopic (exact) mass is 400 g/mol. The van der Waals surface area contributed by atoms with Crippen LogP contribution in [-0.4, -0.2) is 20.4 Å². The van der Waals surface area contributed by atoms with Gasteiger partial charge >= 0.3 is 0 Å². The third-order valence-corrected chi connectivity index (χ3v) is 6.84. The molecule has 5 nitrogen and oxygen atoms in total. The second-order valence-corrected chi connectivity index (χ2v) is 8.89. The van der Waals surface area contributed by atoms with E-state index in [2.05, 4.69) is 10.0 Å². The number of carbonyl (C=O) groups excluding carboxylic acids is 1. The van der Waals surface area contributed by atoms with Gasteiger partial charge in [-0.2, -0.15) is 4.72 Å². The molecular formula is C20H20N2O3S2. The molecule has 0 unspecified atom stereocenters. The highest BCUT2D eigenvalue weighted by molar-refractivity contribution is 7.91. The first kappa shape index (κ1) is 19.3. The predicted molar refractivity (Wildman–Crippen MR) is 107 cm³/mol. The van der Waals surface area contributed by atoms with Crippen LogP contribution in [0, 0.1) is 0 Å². The first-order valence-electron chi connectivity index (χ1n) is 8.46. The van der Waals surface area contributed by atoms with Crippen molar-refractivity contribution in [1.29, 1.82) is 0 Å². The summed E-state index contributed by atoms with van der Waals surface area (Å²) in [7, 11) is -3.76. The average Bonchev–Trinajstić information content (AvgIpc) is 3.23. The lowest BCUT2D eigenvalue weighted by Crippen LogP contribution is -2.47. The van der Waals surface area contributed by atoms with Crippen molar-refractivity contribution in [1.82, 2.24) is 10.0 Å². The molecule has 27 heavy (non-hydrogen) atoms. The molecule has 1 atom stereocenters. The fourth-order valence-electron chi connectivity index (χ4n) is 2.61. The largest absolute Gasteiger partial charge is 0.351 e. The zero-order valence-corrected chi connectivity index (χ0v) is 16.2. The Morgan fingerprint density at radius 3 is 2.11 bits per heavy atom. The van der Waals surface area contributed by atoms with Gasteiger partial charge in [0, 0.05) is 6.54 Å². The summed E-state index contributed by atoms with van der Waals surface area (Å²) in [6, 6.07) is 21.1. The third-order valence-electron chi connectivity index (χ3n) is 3.97. The molecule has 0 bridgehead atoms. The Morgan fingerprint density at radius 1 is 0.889 bits per heavy atom. The highest BCUT2D eigenvalue weighted by Gasteiger charge is 2.26. The van der Waals surface area contributed by atoms with Crippen LogP contribution in [0.15, 0.2) is 82.4 Å². The Labute approximate surface area is 163 Å². The predicted octanol–water partition coefficient (Wildman–Crippen LogP) is 2.95. The molecule has 0 saturated carbocycles. The molecule has 3 rings (SSSR count). The minimum atomic E-state index is -3.76. The number of nitrogens with one attached hydrogen (secondary N) is 2. The maximum atomic E-state index is 12.7. The Morgan fingerprint density at radius 2 is 1.52 bits per heavy atom. The minimum absolute atomic E-state index is 0.191. The summed E-state index contributed by atoms with van der Waals surface area (Å²) >= 11 is 1.12. The minimum Gasteiger partial charge on any atom is -0.351 e. The van der Waals surface area contributed by atoms with E-state index >= 15 is 0 Å². The summed E-state index contributed by atoms with van der Waals surface area (Å²) in [6.45, 7) is 0.339. The molecule has 1 amide bonds. The summed E-state index contributed by atoms with van der Waals surface area (Å²) in [5, 5.41) is 4.52. The number of amides is 1. The van der Waals surface area contributed by atoms with Gasteiger partial charge in [-0.3, -0.25) is 4.79 Å². The van der Waals surface area contributed by atoms with E-state index in [1.165, 1.54) is 6.07 Å². The van der Waals surface area contributed by atoms with Crippen molar-refractivity contribution in [3.05, 3.63) is 89.3 Å². The van der Waals surface area contributed by atoms with E-state index in [9.17, 15) is 13.2 Å². The van der Waals surface area contributed by atoms with Crippen LogP contribution in [0.5, 0.6) is 0 Å². The normalized spacial score (nSPS) is 12.4. The van der Waals surface area contributed by atoms with Crippen LogP contribution in [0.25, 0.3) is 0 Å². The molecule has 7 heteroatoms. The molecule has 3 aromatic rings. The summed E-state index contributed by atoms with van der Waals surface area (Å²) in [6.07, 6.45) is 0.270. The molecule has 0 aliphatic heterocycles. The molecule has 0 fully saturated rings. The SMILES string of the molecule is O=C(NCc1ccccc1)[C@@H](Cc1ccccc1)NS(=O)(=O)c1cccs1. The van der Waals surface area contributed by atoms with E-state index in [4.69, 9.17) is 0 Å². The van der Waals surface area contributed by atoms with Crippen LogP contribution in [0.4, 0.5) is 0 Å². The van der Waals surface area contributed by atoms with E-state index < -0.39 is 16.1 Å². The quantitative estimate of drug-likeness (QED) is 0.610. The third kappa shape index (κ3) is 5.50. The van der Waals surface area contributed by atoms with E-state index in [-0.39, 0.29) is 16.5 Å². The van der Waals surface area contributed by atoms with Crippen LogP contribution in [0.3, 0.4) is 0 Å².